The third-order valence-corrected chi connectivity index (χ3v) is 3.36. The molecule has 1 aliphatic rings. The highest BCUT2D eigenvalue weighted by molar-refractivity contribution is 5.91. The average molecular weight is 262 g/mol. The zero-order valence-electron chi connectivity index (χ0n) is 11.7. The highest BCUT2D eigenvalue weighted by Crippen LogP contribution is 2.23. The second-order valence-electron chi connectivity index (χ2n) is 4.99. The molecular formula is C15H22N2O2. The second kappa shape index (κ2) is 6.57. The number of amides is 1. The standard InChI is InChI=1S/C15H22N2O2/c1-3-15(18)17-12-7-6-11(2)14(9-12)16-13-5-4-8-19-10-13/h6-7,9,13,16H,3-5,8,10H2,1-2H3,(H,17,18). The van der Waals surface area contributed by atoms with E-state index >= 15 is 0 Å². The minimum atomic E-state index is 0.0378. The van der Waals surface area contributed by atoms with Crippen LogP contribution in [0.1, 0.15) is 31.7 Å². The number of hydrogen-bond acceptors (Lipinski definition) is 3. The van der Waals surface area contributed by atoms with Crippen LogP contribution in [-0.2, 0) is 9.53 Å². The van der Waals surface area contributed by atoms with Gasteiger partial charge >= 0.3 is 0 Å². The molecule has 19 heavy (non-hydrogen) atoms. The Balaban J connectivity index is 2.05. The summed E-state index contributed by atoms with van der Waals surface area (Å²) < 4.78 is 5.47. The van der Waals surface area contributed by atoms with Crippen molar-refractivity contribution < 1.29 is 9.53 Å². The first-order valence-electron chi connectivity index (χ1n) is 6.94. The van der Waals surface area contributed by atoms with Crippen LogP contribution >= 0.6 is 0 Å². The number of hydrogen-bond donors (Lipinski definition) is 2. The zero-order chi connectivity index (χ0) is 13.7. The number of nitrogens with one attached hydrogen (secondary N) is 2. The Morgan fingerprint density at radius 2 is 2.32 bits per heavy atom. The summed E-state index contributed by atoms with van der Waals surface area (Å²) in [5.74, 6) is 0.0378. The molecule has 1 amide bonds. The van der Waals surface area contributed by atoms with E-state index in [0.717, 1.165) is 37.4 Å². The summed E-state index contributed by atoms with van der Waals surface area (Å²) in [5, 5.41) is 6.39. The largest absolute Gasteiger partial charge is 0.380 e. The van der Waals surface area contributed by atoms with Gasteiger partial charge in [-0.2, -0.15) is 0 Å². The van der Waals surface area contributed by atoms with Crippen LogP contribution in [0, 0.1) is 6.92 Å². The van der Waals surface area contributed by atoms with Gasteiger partial charge in [0.2, 0.25) is 5.91 Å². The van der Waals surface area contributed by atoms with E-state index < -0.39 is 0 Å². The fourth-order valence-electron chi connectivity index (χ4n) is 2.18. The molecule has 0 bridgehead atoms. The van der Waals surface area contributed by atoms with Gasteiger partial charge in [-0.3, -0.25) is 4.79 Å². The first-order chi connectivity index (χ1) is 9.19. The molecule has 0 radical (unpaired) electrons. The number of rotatable bonds is 4. The van der Waals surface area contributed by atoms with Crippen molar-refractivity contribution >= 4 is 17.3 Å². The maximum atomic E-state index is 11.4. The van der Waals surface area contributed by atoms with E-state index in [1.807, 2.05) is 25.1 Å². The molecule has 0 aliphatic carbocycles. The van der Waals surface area contributed by atoms with E-state index in [0.29, 0.717) is 12.5 Å². The Kier molecular flexibility index (Phi) is 4.80. The van der Waals surface area contributed by atoms with Crippen LogP contribution in [-0.4, -0.2) is 25.2 Å². The summed E-state index contributed by atoms with van der Waals surface area (Å²) in [6.45, 7) is 5.54. The molecule has 4 nitrogen and oxygen atoms in total. The number of carbonyl (C=O) groups is 1. The highest BCUT2D eigenvalue weighted by atomic mass is 16.5. The van der Waals surface area contributed by atoms with Gasteiger partial charge in [0.05, 0.1) is 6.61 Å². The van der Waals surface area contributed by atoms with Crippen molar-refractivity contribution in [1.82, 2.24) is 0 Å². The Labute approximate surface area is 114 Å². The van der Waals surface area contributed by atoms with Gasteiger partial charge in [0.1, 0.15) is 0 Å². The quantitative estimate of drug-likeness (QED) is 0.877. The van der Waals surface area contributed by atoms with Crippen LogP contribution in [0.25, 0.3) is 0 Å². The molecule has 2 rings (SSSR count). The Morgan fingerprint density at radius 1 is 1.47 bits per heavy atom. The van der Waals surface area contributed by atoms with Crippen LogP contribution in [0.2, 0.25) is 0 Å². The normalized spacial score (nSPS) is 18.9. The van der Waals surface area contributed by atoms with Crippen molar-refractivity contribution in [2.45, 2.75) is 39.2 Å². The predicted molar refractivity (Wildman–Crippen MR) is 77.6 cm³/mol. The van der Waals surface area contributed by atoms with Gasteiger partial charge < -0.3 is 15.4 Å². The van der Waals surface area contributed by atoms with Crippen LogP contribution < -0.4 is 10.6 Å². The topological polar surface area (TPSA) is 50.4 Å². The summed E-state index contributed by atoms with van der Waals surface area (Å²) in [4.78, 5) is 11.4. The molecule has 4 heteroatoms. The first kappa shape index (κ1) is 13.9. The van der Waals surface area contributed by atoms with Crippen molar-refractivity contribution in [3.63, 3.8) is 0 Å². The third-order valence-electron chi connectivity index (χ3n) is 3.36. The number of anilines is 2. The monoisotopic (exact) mass is 262 g/mol. The average Bonchev–Trinajstić information content (AvgIpc) is 2.43. The zero-order valence-corrected chi connectivity index (χ0v) is 11.7. The van der Waals surface area contributed by atoms with Gasteiger partial charge in [-0.05, 0) is 37.5 Å². The summed E-state index contributed by atoms with van der Waals surface area (Å²) in [5.41, 5.74) is 3.10. The van der Waals surface area contributed by atoms with Gasteiger partial charge in [-0.1, -0.05) is 13.0 Å². The molecule has 1 saturated heterocycles. The lowest BCUT2D eigenvalue weighted by atomic mass is 10.1. The van der Waals surface area contributed by atoms with E-state index in [2.05, 4.69) is 17.6 Å². The molecule has 1 aromatic rings. The van der Waals surface area contributed by atoms with E-state index in [1.54, 1.807) is 0 Å². The number of carbonyl (C=O) groups excluding carboxylic acids is 1. The van der Waals surface area contributed by atoms with Crippen LogP contribution in [0.4, 0.5) is 11.4 Å². The minimum Gasteiger partial charge on any atom is -0.380 e. The van der Waals surface area contributed by atoms with Gasteiger partial charge in [0.25, 0.3) is 0 Å². The molecule has 0 aromatic heterocycles. The lowest BCUT2D eigenvalue weighted by Gasteiger charge is -2.25. The van der Waals surface area contributed by atoms with E-state index in [1.165, 1.54) is 5.56 Å². The molecule has 104 valence electrons. The van der Waals surface area contributed by atoms with Crippen molar-refractivity contribution in [2.75, 3.05) is 23.8 Å². The van der Waals surface area contributed by atoms with E-state index in [4.69, 9.17) is 4.74 Å². The van der Waals surface area contributed by atoms with Crippen LogP contribution in [0.15, 0.2) is 18.2 Å². The molecular weight excluding hydrogens is 240 g/mol. The highest BCUT2D eigenvalue weighted by Gasteiger charge is 2.14. The maximum Gasteiger partial charge on any atom is 0.224 e. The van der Waals surface area contributed by atoms with E-state index in [9.17, 15) is 4.79 Å². The molecule has 0 spiro atoms. The summed E-state index contributed by atoms with van der Waals surface area (Å²) in [7, 11) is 0. The van der Waals surface area contributed by atoms with Crippen molar-refractivity contribution in [3.8, 4) is 0 Å². The smallest absolute Gasteiger partial charge is 0.224 e. The van der Waals surface area contributed by atoms with Crippen molar-refractivity contribution in [1.29, 1.82) is 0 Å². The van der Waals surface area contributed by atoms with Crippen molar-refractivity contribution in [3.05, 3.63) is 23.8 Å². The molecule has 1 heterocycles. The summed E-state index contributed by atoms with van der Waals surface area (Å²) in [6.07, 6.45) is 2.72. The molecule has 1 fully saturated rings. The summed E-state index contributed by atoms with van der Waals surface area (Å²) in [6, 6.07) is 6.32. The first-order valence-corrected chi connectivity index (χ1v) is 6.94. The van der Waals surface area contributed by atoms with Crippen LogP contribution in [0.3, 0.4) is 0 Å². The molecule has 0 saturated carbocycles. The molecule has 1 aromatic carbocycles. The van der Waals surface area contributed by atoms with Crippen molar-refractivity contribution in [2.24, 2.45) is 0 Å². The maximum absolute atomic E-state index is 11.4. The van der Waals surface area contributed by atoms with Gasteiger partial charge in [-0.15, -0.1) is 0 Å². The lowest BCUT2D eigenvalue weighted by Crippen LogP contribution is -2.30. The SMILES string of the molecule is CCC(=O)Nc1ccc(C)c(NC2CCCOC2)c1. The van der Waals surface area contributed by atoms with Crippen LogP contribution in [0.5, 0.6) is 0 Å². The van der Waals surface area contributed by atoms with E-state index in [-0.39, 0.29) is 5.91 Å². The third kappa shape index (κ3) is 3.96. The second-order valence-corrected chi connectivity index (χ2v) is 4.99. The van der Waals surface area contributed by atoms with Gasteiger partial charge in [-0.25, -0.2) is 0 Å². The number of ether oxygens (including phenoxy) is 1. The van der Waals surface area contributed by atoms with Gasteiger partial charge in [0.15, 0.2) is 0 Å². The molecule has 1 unspecified atom stereocenters. The Morgan fingerprint density at radius 3 is 3.00 bits per heavy atom. The number of benzene rings is 1. The molecule has 2 N–H and O–H groups in total. The lowest BCUT2D eigenvalue weighted by molar-refractivity contribution is -0.115. The molecule has 1 aliphatic heterocycles. The molecule has 1 atom stereocenters. The predicted octanol–water partition coefficient (Wildman–Crippen LogP) is 2.93. The van der Waals surface area contributed by atoms with Gasteiger partial charge in [0, 0.05) is 30.4 Å². The fourth-order valence-corrected chi connectivity index (χ4v) is 2.18. The fraction of sp³-hybridized carbons (Fsp3) is 0.533. The Bertz CT molecular complexity index is 440. The minimum absolute atomic E-state index is 0.0378. The Hall–Kier alpha value is -1.55. The number of aryl methyl sites for hydroxylation is 1. The summed E-state index contributed by atoms with van der Waals surface area (Å²) >= 11 is 0.